The Kier molecular flexibility index (Phi) is 8.26. The van der Waals surface area contributed by atoms with Crippen molar-refractivity contribution in [2.75, 3.05) is 20.2 Å². The van der Waals surface area contributed by atoms with Crippen molar-refractivity contribution >= 4 is 21.8 Å². The summed E-state index contributed by atoms with van der Waals surface area (Å²) in [5.41, 5.74) is 1.60. The average Bonchev–Trinajstić information content (AvgIpc) is 3.13. The van der Waals surface area contributed by atoms with E-state index in [4.69, 9.17) is 9.47 Å². The molecule has 8 heteroatoms. The van der Waals surface area contributed by atoms with Crippen LogP contribution in [0.25, 0.3) is 0 Å². The van der Waals surface area contributed by atoms with Crippen molar-refractivity contribution in [2.45, 2.75) is 57.0 Å². The number of sulfonamides is 1. The van der Waals surface area contributed by atoms with E-state index in [1.165, 1.54) is 36.5 Å². The van der Waals surface area contributed by atoms with Gasteiger partial charge in [-0.05, 0) is 49.9 Å². The van der Waals surface area contributed by atoms with Crippen LogP contribution in [0.15, 0.2) is 47.4 Å². The van der Waals surface area contributed by atoms with Gasteiger partial charge in [-0.2, -0.15) is 4.31 Å². The molecule has 1 aliphatic rings. The Morgan fingerprint density at radius 2 is 1.58 bits per heavy atom. The van der Waals surface area contributed by atoms with Crippen molar-refractivity contribution in [1.82, 2.24) is 4.31 Å². The number of ether oxygens (including phenoxy) is 2. The lowest BCUT2D eigenvalue weighted by molar-refractivity contribution is 0.0318. The van der Waals surface area contributed by atoms with Crippen LogP contribution >= 0.6 is 0 Å². The van der Waals surface area contributed by atoms with Crippen LogP contribution in [0.2, 0.25) is 0 Å². The zero-order chi connectivity index (χ0) is 24.0. The lowest BCUT2D eigenvalue weighted by atomic mass is 10.0. The number of Topliss-reactive ketones (excluding diaryl/α,β-unsaturated/α-hetero) is 1. The molecule has 0 aliphatic carbocycles. The van der Waals surface area contributed by atoms with Crippen LogP contribution in [0.4, 0.5) is 0 Å². The monoisotopic (exact) mass is 473 g/mol. The largest absolute Gasteiger partial charge is 0.495 e. The molecule has 0 amide bonds. The Morgan fingerprint density at radius 1 is 0.970 bits per heavy atom. The maximum Gasteiger partial charge on any atom is 0.338 e. The summed E-state index contributed by atoms with van der Waals surface area (Å²) in [7, 11) is -2.46. The fourth-order valence-corrected chi connectivity index (χ4v) is 5.55. The van der Waals surface area contributed by atoms with E-state index in [0.717, 1.165) is 37.7 Å². The third kappa shape index (κ3) is 5.81. The first-order chi connectivity index (χ1) is 15.8. The fourth-order valence-electron chi connectivity index (χ4n) is 3.85. The summed E-state index contributed by atoms with van der Waals surface area (Å²) in [5, 5.41) is 0. The highest BCUT2D eigenvalue weighted by molar-refractivity contribution is 7.89. The van der Waals surface area contributed by atoms with Gasteiger partial charge in [-0.3, -0.25) is 4.79 Å². The number of esters is 1. The van der Waals surface area contributed by atoms with Gasteiger partial charge in [0.05, 0.1) is 12.7 Å². The van der Waals surface area contributed by atoms with Crippen molar-refractivity contribution in [3.63, 3.8) is 0 Å². The summed E-state index contributed by atoms with van der Waals surface area (Å²) in [4.78, 5) is 25.4. The van der Waals surface area contributed by atoms with Gasteiger partial charge in [0.1, 0.15) is 10.6 Å². The van der Waals surface area contributed by atoms with E-state index in [-0.39, 0.29) is 22.0 Å². The van der Waals surface area contributed by atoms with Gasteiger partial charge >= 0.3 is 5.97 Å². The maximum absolute atomic E-state index is 13.3. The van der Waals surface area contributed by atoms with Crippen LogP contribution < -0.4 is 4.74 Å². The Labute approximate surface area is 195 Å². The SMILES string of the molecule is CCc1ccc(C(=O)[C@H](C)OC(=O)c2ccc(OC)c(S(=O)(=O)N3CCCCCC3)c2)cc1. The summed E-state index contributed by atoms with van der Waals surface area (Å²) in [6.45, 7) is 4.40. The van der Waals surface area contributed by atoms with Gasteiger partial charge in [0, 0.05) is 18.7 Å². The maximum atomic E-state index is 13.3. The molecule has 1 saturated heterocycles. The first-order valence-corrected chi connectivity index (χ1v) is 12.7. The van der Waals surface area contributed by atoms with Crippen LogP contribution in [0.5, 0.6) is 5.75 Å². The third-order valence-corrected chi connectivity index (χ3v) is 7.80. The third-order valence-electron chi connectivity index (χ3n) is 5.88. The Bertz CT molecular complexity index is 1090. The number of carbonyl (C=O) groups is 2. The van der Waals surface area contributed by atoms with Crippen molar-refractivity contribution in [3.8, 4) is 5.75 Å². The zero-order valence-electron chi connectivity index (χ0n) is 19.4. The molecule has 0 unspecified atom stereocenters. The normalized spacial score (nSPS) is 16.0. The second kappa shape index (κ2) is 10.9. The summed E-state index contributed by atoms with van der Waals surface area (Å²) in [5.74, 6) is -0.927. The summed E-state index contributed by atoms with van der Waals surface area (Å²) < 4.78 is 38.7. The minimum atomic E-state index is -3.84. The van der Waals surface area contributed by atoms with Crippen LogP contribution in [-0.2, 0) is 21.2 Å². The van der Waals surface area contributed by atoms with Crippen LogP contribution in [0, 0.1) is 0 Å². The van der Waals surface area contributed by atoms with E-state index in [2.05, 4.69) is 0 Å². The first kappa shape index (κ1) is 24.9. The van der Waals surface area contributed by atoms with Crippen LogP contribution in [0.1, 0.15) is 65.8 Å². The predicted molar refractivity (Wildman–Crippen MR) is 125 cm³/mol. The number of benzene rings is 2. The molecule has 3 rings (SSSR count). The first-order valence-electron chi connectivity index (χ1n) is 11.3. The molecule has 0 saturated carbocycles. The average molecular weight is 474 g/mol. The number of hydrogen-bond acceptors (Lipinski definition) is 6. The van der Waals surface area contributed by atoms with Gasteiger partial charge in [-0.15, -0.1) is 0 Å². The van der Waals surface area contributed by atoms with E-state index in [9.17, 15) is 18.0 Å². The van der Waals surface area contributed by atoms with E-state index in [0.29, 0.717) is 18.7 Å². The molecule has 0 spiro atoms. The lowest BCUT2D eigenvalue weighted by Crippen LogP contribution is -2.32. The number of methoxy groups -OCH3 is 1. The van der Waals surface area contributed by atoms with Crippen LogP contribution in [0.3, 0.4) is 0 Å². The molecule has 1 heterocycles. The number of nitrogens with zero attached hydrogens (tertiary/aromatic N) is 1. The molecule has 7 nitrogen and oxygen atoms in total. The van der Waals surface area contributed by atoms with Crippen molar-refractivity contribution < 1.29 is 27.5 Å². The van der Waals surface area contributed by atoms with Crippen molar-refractivity contribution in [1.29, 1.82) is 0 Å². The molecule has 0 bridgehead atoms. The number of ketones is 1. The quantitative estimate of drug-likeness (QED) is 0.421. The molecule has 1 atom stereocenters. The van der Waals surface area contributed by atoms with Crippen LogP contribution in [-0.4, -0.2) is 50.8 Å². The molecule has 33 heavy (non-hydrogen) atoms. The molecule has 0 aromatic heterocycles. The fraction of sp³-hybridized carbons (Fsp3) is 0.440. The lowest BCUT2D eigenvalue weighted by Gasteiger charge is -2.21. The molecule has 1 fully saturated rings. The molecule has 178 valence electrons. The summed E-state index contributed by atoms with van der Waals surface area (Å²) >= 11 is 0. The molecule has 0 N–H and O–H groups in total. The summed E-state index contributed by atoms with van der Waals surface area (Å²) in [6, 6.07) is 11.3. The topological polar surface area (TPSA) is 90.0 Å². The van der Waals surface area contributed by atoms with Gasteiger partial charge < -0.3 is 9.47 Å². The predicted octanol–water partition coefficient (Wildman–Crippen LogP) is 4.25. The highest BCUT2D eigenvalue weighted by Crippen LogP contribution is 2.30. The zero-order valence-corrected chi connectivity index (χ0v) is 20.2. The number of rotatable bonds is 8. The molecular formula is C25H31NO6S. The highest BCUT2D eigenvalue weighted by Gasteiger charge is 2.30. The van der Waals surface area contributed by atoms with Gasteiger partial charge in [-0.25, -0.2) is 13.2 Å². The van der Waals surface area contributed by atoms with Gasteiger partial charge in [0.25, 0.3) is 0 Å². The minimum absolute atomic E-state index is 0.0465. The molecule has 2 aromatic rings. The summed E-state index contributed by atoms with van der Waals surface area (Å²) in [6.07, 6.45) is 3.41. The Hall–Kier alpha value is -2.71. The standard InChI is InChI=1S/C25H31NO6S/c1-4-19-9-11-20(12-10-19)24(27)18(2)32-25(28)21-13-14-22(31-3)23(17-21)33(29,30)26-15-7-5-6-8-16-26/h9-14,17-18H,4-8,15-16H2,1-3H3/t18-/m0/s1. The Balaban J connectivity index is 1.81. The minimum Gasteiger partial charge on any atom is -0.495 e. The van der Waals surface area contributed by atoms with E-state index in [1.54, 1.807) is 12.1 Å². The van der Waals surface area contributed by atoms with E-state index in [1.807, 2.05) is 19.1 Å². The smallest absolute Gasteiger partial charge is 0.338 e. The second-order valence-corrected chi connectivity index (χ2v) is 10.1. The Morgan fingerprint density at radius 3 is 2.15 bits per heavy atom. The number of carbonyl (C=O) groups excluding carboxylic acids is 2. The number of hydrogen-bond donors (Lipinski definition) is 0. The van der Waals surface area contributed by atoms with E-state index >= 15 is 0 Å². The molecule has 0 radical (unpaired) electrons. The number of aryl methyl sites for hydroxylation is 1. The van der Waals surface area contributed by atoms with Gasteiger partial charge in [0.15, 0.2) is 6.10 Å². The van der Waals surface area contributed by atoms with Gasteiger partial charge in [-0.1, -0.05) is 44.0 Å². The highest BCUT2D eigenvalue weighted by atomic mass is 32.2. The molecule has 1 aliphatic heterocycles. The van der Waals surface area contributed by atoms with Crippen molar-refractivity contribution in [3.05, 3.63) is 59.2 Å². The second-order valence-electron chi connectivity index (χ2n) is 8.15. The van der Waals surface area contributed by atoms with Crippen molar-refractivity contribution in [2.24, 2.45) is 0 Å². The molecule has 2 aromatic carbocycles. The van der Waals surface area contributed by atoms with E-state index < -0.39 is 22.1 Å². The molecular weight excluding hydrogens is 442 g/mol. The van der Waals surface area contributed by atoms with Gasteiger partial charge in [0.2, 0.25) is 15.8 Å².